The molecule has 0 radical (unpaired) electrons. The van der Waals surface area contributed by atoms with Crippen molar-refractivity contribution in [1.82, 2.24) is 0 Å². The van der Waals surface area contributed by atoms with Gasteiger partial charge in [-0.25, -0.2) is 0 Å². The maximum atomic E-state index is 10.8. The van der Waals surface area contributed by atoms with Gasteiger partial charge >= 0.3 is 0 Å². The zero-order chi connectivity index (χ0) is 14.9. The summed E-state index contributed by atoms with van der Waals surface area (Å²) in [4.78, 5) is 0. The molecule has 21 heavy (non-hydrogen) atoms. The van der Waals surface area contributed by atoms with Crippen LogP contribution in [0.25, 0.3) is 0 Å². The average molecular weight is 373 g/mol. The van der Waals surface area contributed by atoms with Crippen LogP contribution in [0.5, 0.6) is 5.75 Å². The molecule has 2 aliphatic rings. The van der Waals surface area contributed by atoms with Crippen molar-refractivity contribution in [1.29, 1.82) is 0 Å². The second-order valence-corrected chi connectivity index (χ2v) is 7.88. The lowest BCUT2D eigenvalue weighted by Crippen LogP contribution is -2.41. The fourth-order valence-corrected chi connectivity index (χ4v) is 5.19. The molecule has 2 saturated heterocycles. The van der Waals surface area contributed by atoms with Crippen LogP contribution in [0.3, 0.4) is 0 Å². The van der Waals surface area contributed by atoms with E-state index in [0.717, 1.165) is 47.4 Å². The molecule has 1 spiro atoms. The van der Waals surface area contributed by atoms with E-state index in [1.54, 1.807) is 7.11 Å². The molecule has 0 aliphatic carbocycles. The van der Waals surface area contributed by atoms with Crippen LogP contribution < -0.4 is 4.74 Å². The van der Waals surface area contributed by atoms with Gasteiger partial charge in [0.1, 0.15) is 5.75 Å². The number of rotatable bonds is 3. The molecule has 5 heteroatoms. The van der Waals surface area contributed by atoms with E-state index in [0.29, 0.717) is 0 Å². The monoisotopic (exact) mass is 372 g/mol. The Morgan fingerprint density at radius 3 is 3.10 bits per heavy atom. The van der Waals surface area contributed by atoms with Gasteiger partial charge < -0.3 is 14.6 Å². The number of thioether (sulfide) groups is 1. The highest BCUT2D eigenvalue weighted by molar-refractivity contribution is 9.10. The lowest BCUT2D eigenvalue weighted by molar-refractivity contribution is -0.102. The van der Waals surface area contributed by atoms with Gasteiger partial charge in [-0.15, -0.1) is 0 Å². The first-order chi connectivity index (χ1) is 10.1. The lowest BCUT2D eigenvalue weighted by atomic mass is 9.80. The highest BCUT2D eigenvalue weighted by atomic mass is 79.9. The number of aliphatic hydroxyl groups excluding tert-OH is 1. The van der Waals surface area contributed by atoms with Crippen molar-refractivity contribution in [3.8, 4) is 5.75 Å². The molecule has 3 rings (SSSR count). The Kier molecular flexibility index (Phi) is 4.84. The van der Waals surface area contributed by atoms with Gasteiger partial charge in [-0.1, -0.05) is 15.9 Å². The van der Waals surface area contributed by atoms with E-state index >= 15 is 0 Å². The van der Waals surface area contributed by atoms with Crippen LogP contribution in [0.4, 0.5) is 0 Å². The number of hydrogen-bond acceptors (Lipinski definition) is 4. The van der Waals surface area contributed by atoms with E-state index in [-0.39, 0.29) is 11.5 Å². The number of benzene rings is 1. The Hall–Kier alpha value is -0.230. The molecule has 3 atom stereocenters. The van der Waals surface area contributed by atoms with Crippen molar-refractivity contribution in [2.45, 2.75) is 31.0 Å². The molecule has 0 saturated carbocycles. The molecule has 0 amide bonds. The fraction of sp³-hybridized carbons (Fsp3) is 0.625. The summed E-state index contributed by atoms with van der Waals surface area (Å²) >= 11 is 5.51. The molecule has 1 N–H and O–H groups in total. The standard InChI is InChI=1S/C16H21BrO3S/c1-19-12-2-3-14(17)13(8-12)15(18)11-4-6-20-16(9-11)5-7-21-10-16/h2-3,8,11,15,18H,4-7,9-10H2,1H3. The number of hydrogen-bond donors (Lipinski definition) is 1. The third kappa shape index (κ3) is 3.26. The molecule has 1 aromatic carbocycles. The highest BCUT2D eigenvalue weighted by Gasteiger charge is 2.42. The summed E-state index contributed by atoms with van der Waals surface area (Å²) in [6.07, 6.45) is 2.50. The van der Waals surface area contributed by atoms with E-state index in [1.165, 1.54) is 5.75 Å². The van der Waals surface area contributed by atoms with Crippen LogP contribution in [0.1, 0.15) is 30.9 Å². The number of ether oxygens (including phenoxy) is 2. The Morgan fingerprint density at radius 1 is 1.52 bits per heavy atom. The second kappa shape index (κ2) is 6.49. The normalized spacial score (nSPS) is 30.5. The number of halogens is 1. The topological polar surface area (TPSA) is 38.7 Å². The van der Waals surface area contributed by atoms with Gasteiger partial charge in [0.05, 0.1) is 18.8 Å². The molecule has 3 nitrogen and oxygen atoms in total. The first-order valence-corrected chi connectivity index (χ1v) is 9.31. The summed E-state index contributed by atoms with van der Waals surface area (Å²) < 4.78 is 12.3. The Morgan fingerprint density at radius 2 is 2.38 bits per heavy atom. The summed E-state index contributed by atoms with van der Waals surface area (Å²) in [7, 11) is 1.65. The van der Waals surface area contributed by atoms with E-state index in [9.17, 15) is 5.11 Å². The summed E-state index contributed by atoms with van der Waals surface area (Å²) in [5, 5.41) is 10.8. The van der Waals surface area contributed by atoms with Crippen LogP contribution in [0, 0.1) is 5.92 Å². The van der Waals surface area contributed by atoms with Crippen molar-refractivity contribution < 1.29 is 14.6 Å². The highest BCUT2D eigenvalue weighted by Crippen LogP contribution is 2.45. The average Bonchev–Trinajstić information content (AvgIpc) is 2.95. The second-order valence-electron chi connectivity index (χ2n) is 5.92. The quantitative estimate of drug-likeness (QED) is 0.875. The number of methoxy groups -OCH3 is 1. The summed E-state index contributed by atoms with van der Waals surface area (Å²) in [6.45, 7) is 0.754. The first kappa shape index (κ1) is 15.7. The molecule has 2 fully saturated rings. The van der Waals surface area contributed by atoms with E-state index in [2.05, 4.69) is 15.9 Å². The molecule has 1 aromatic rings. The van der Waals surface area contributed by atoms with Gasteiger partial charge in [-0.2, -0.15) is 11.8 Å². The third-order valence-electron chi connectivity index (χ3n) is 4.57. The lowest BCUT2D eigenvalue weighted by Gasteiger charge is -2.39. The predicted octanol–water partition coefficient (Wildman–Crippen LogP) is 3.79. The summed E-state index contributed by atoms with van der Waals surface area (Å²) in [6, 6.07) is 5.78. The van der Waals surface area contributed by atoms with Crippen LogP contribution in [-0.4, -0.2) is 35.9 Å². The molecular formula is C16H21BrO3S. The van der Waals surface area contributed by atoms with Crippen molar-refractivity contribution in [2.75, 3.05) is 25.2 Å². The van der Waals surface area contributed by atoms with E-state index in [1.807, 2.05) is 30.0 Å². The molecule has 116 valence electrons. The van der Waals surface area contributed by atoms with Crippen molar-refractivity contribution >= 4 is 27.7 Å². The minimum atomic E-state index is -0.471. The van der Waals surface area contributed by atoms with Crippen molar-refractivity contribution in [3.05, 3.63) is 28.2 Å². The maximum absolute atomic E-state index is 10.8. The van der Waals surface area contributed by atoms with Crippen LogP contribution in [0.2, 0.25) is 0 Å². The zero-order valence-corrected chi connectivity index (χ0v) is 14.6. The van der Waals surface area contributed by atoms with Crippen LogP contribution in [-0.2, 0) is 4.74 Å². The fourth-order valence-electron chi connectivity index (χ4n) is 3.33. The minimum absolute atomic E-state index is 0.0000931. The number of aliphatic hydroxyl groups is 1. The van der Waals surface area contributed by atoms with E-state index in [4.69, 9.17) is 9.47 Å². The van der Waals surface area contributed by atoms with Gasteiger partial charge in [0, 0.05) is 16.8 Å². The van der Waals surface area contributed by atoms with Crippen LogP contribution in [0.15, 0.2) is 22.7 Å². The molecule has 2 aliphatic heterocycles. The van der Waals surface area contributed by atoms with Gasteiger partial charge in [0.25, 0.3) is 0 Å². The Labute approximate surface area is 138 Å². The predicted molar refractivity (Wildman–Crippen MR) is 89.0 cm³/mol. The minimum Gasteiger partial charge on any atom is -0.497 e. The van der Waals surface area contributed by atoms with Crippen molar-refractivity contribution in [3.63, 3.8) is 0 Å². The molecule has 3 unspecified atom stereocenters. The van der Waals surface area contributed by atoms with Gasteiger partial charge in [0.15, 0.2) is 0 Å². The summed E-state index contributed by atoms with van der Waals surface area (Å²) in [5.74, 6) is 3.27. The van der Waals surface area contributed by atoms with Gasteiger partial charge in [-0.3, -0.25) is 0 Å². The van der Waals surface area contributed by atoms with Crippen molar-refractivity contribution in [2.24, 2.45) is 5.92 Å². The zero-order valence-electron chi connectivity index (χ0n) is 12.2. The van der Waals surface area contributed by atoms with Crippen LogP contribution >= 0.6 is 27.7 Å². The van der Waals surface area contributed by atoms with E-state index < -0.39 is 6.10 Å². The first-order valence-electron chi connectivity index (χ1n) is 7.37. The molecule has 0 aromatic heterocycles. The maximum Gasteiger partial charge on any atom is 0.119 e. The Balaban J connectivity index is 1.79. The molecule has 0 bridgehead atoms. The molecular weight excluding hydrogens is 352 g/mol. The Bertz CT molecular complexity index is 502. The third-order valence-corrected chi connectivity index (χ3v) is 6.51. The summed E-state index contributed by atoms with van der Waals surface area (Å²) in [5.41, 5.74) is 0.918. The SMILES string of the molecule is COc1ccc(Br)c(C(O)C2CCOC3(CCSC3)C2)c1. The molecule has 2 heterocycles. The largest absolute Gasteiger partial charge is 0.497 e. The van der Waals surface area contributed by atoms with Gasteiger partial charge in [-0.05, 0) is 54.7 Å². The van der Waals surface area contributed by atoms with Gasteiger partial charge in [0.2, 0.25) is 0 Å². The smallest absolute Gasteiger partial charge is 0.119 e.